The lowest BCUT2D eigenvalue weighted by Gasteiger charge is -2.17. The van der Waals surface area contributed by atoms with E-state index in [9.17, 15) is 9.59 Å². The largest absolute Gasteiger partial charge is 0.490 e. The smallest absolute Gasteiger partial charge is 0.335 e. The molecule has 2 rings (SSSR count). The fourth-order valence-corrected chi connectivity index (χ4v) is 2.48. The van der Waals surface area contributed by atoms with Gasteiger partial charge in [0.15, 0.2) is 0 Å². The van der Waals surface area contributed by atoms with Gasteiger partial charge in [-0.25, -0.2) is 4.79 Å². The SMILES string of the molecule is CC(=O)N1CCOc2c(Br)cc(C(=O)O)cc2C1. The Morgan fingerprint density at radius 2 is 2.17 bits per heavy atom. The zero-order valence-electron chi connectivity index (χ0n) is 9.77. The Labute approximate surface area is 112 Å². The minimum atomic E-state index is -1.00. The standard InChI is InChI=1S/C12H12BrNO4/c1-7(15)14-2-3-18-11-9(6-14)4-8(12(16)17)5-10(11)13/h4-5H,2-3,6H2,1H3,(H,16,17). The van der Waals surface area contributed by atoms with E-state index in [0.29, 0.717) is 35.5 Å². The normalized spacial score (nSPS) is 14.4. The van der Waals surface area contributed by atoms with Crippen molar-refractivity contribution < 1.29 is 19.4 Å². The van der Waals surface area contributed by atoms with Crippen molar-refractivity contribution in [2.45, 2.75) is 13.5 Å². The van der Waals surface area contributed by atoms with Crippen LogP contribution in [0.15, 0.2) is 16.6 Å². The van der Waals surface area contributed by atoms with Gasteiger partial charge in [-0.2, -0.15) is 0 Å². The van der Waals surface area contributed by atoms with Crippen molar-refractivity contribution in [1.82, 2.24) is 4.90 Å². The Kier molecular flexibility index (Phi) is 3.56. The second-order valence-electron chi connectivity index (χ2n) is 4.04. The van der Waals surface area contributed by atoms with E-state index < -0.39 is 5.97 Å². The second kappa shape index (κ2) is 4.97. The third-order valence-electron chi connectivity index (χ3n) is 2.78. The predicted octanol–water partition coefficient (Wildman–Crippen LogP) is 1.89. The minimum Gasteiger partial charge on any atom is -0.490 e. The maximum Gasteiger partial charge on any atom is 0.335 e. The fourth-order valence-electron chi connectivity index (χ4n) is 1.86. The number of nitrogens with zero attached hydrogens (tertiary/aromatic N) is 1. The van der Waals surface area contributed by atoms with Gasteiger partial charge in [-0.1, -0.05) is 0 Å². The summed E-state index contributed by atoms with van der Waals surface area (Å²) in [5.41, 5.74) is 0.879. The Bertz CT molecular complexity index is 515. The molecule has 0 unspecified atom stereocenters. The molecule has 0 saturated carbocycles. The molecule has 0 radical (unpaired) electrons. The third kappa shape index (κ3) is 2.48. The number of carbonyl (C=O) groups is 2. The Hall–Kier alpha value is -1.56. The minimum absolute atomic E-state index is 0.0525. The van der Waals surface area contributed by atoms with Crippen LogP contribution in [-0.4, -0.2) is 35.0 Å². The molecule has 0 fully saturated rings. The molecule has 0 aromatic heterocycles. The van der Waals surface area contributed by atoms with Crippen LogP contribution < -0.4 is 4.74 Å². The van der Waals surface area contributed by atoms with Gasteiger partial charge in [0.25, 0.3) is 0 Å². The van der Waals surface area contributed by atoms with Crippen molar-refractivity contribution in [3.05, 3.63) is 27.7 Å². The molecule has 0 bridgehead atoms. The Morgan fingerprint density at radius 1 is 1.44 bits per heavy atom. The molecule has 1 aromatic carbocycles. The summed E-state index contributed by atoms with van der Waals surface area (Å²) in [6.07, 6.45) is 0. The highest BCUT2D eigenvalue weighted by molar-refractivity contribution is 9.10. The van der Waals surface area contributed by atoms with E-state index in [4.69, 9.17) is 9.84 Å². The summed E-state index contributed by atoms with van der Waals surface area (Å²) in [5, 5.41) is 9.01. The second-order valence-corrected chi connectivity index (χ2v) is 4.89. The quantitative estimate of drug-likeness (QED) is 0.859. The Morgan fingerprint density at radius 3 is 2.78 bits per heavy atom. The molecule has 18 heavy (non-hydrogen) atoms. The maximum absolute atomic E-state index is 11.4. The summed E-state index contributed by atoms with van der Waals surface area (Å²) < 4.78 is 6.16. The van der Waals surface area contributed by atoms with Crippen molar-refractivity contribution in [3.8, 4) is 5.75 Å². The number of carboxylic acids is 1. The monoisotopic (exact) mass is 313 g/mol. The van der Waals surface area contributed by atoms with Crippen LogP contribution in [0.1, 0.15) is 22.8 Å². The first-order chi connectivity index (χ1) is 8.49. The van der Waals surface area contributed by atoms with Crippen LogP contribution in [0.4, 0.5) is 0 Å². The predicted molar refractivity (Wildman–Crippen MR) is 67.7 cm³/mol. The first kappa shape index (κ1) is 12.9. The zero-order valence-corrected chi connectivity index (χ0v) is 11.4. The van der Waals surface area contributed by atoms with Gasteiger partial charge >= 0.3 is 5.97 Å². The number of aromatic carboxylic acids is 1. The van der Waals surface area contributed by atoms with E-state index in [0.717, 1.165) is 0 Å². The van der Waals surface area contributed by atoms with Crippen molar-refractivity contribution in [3.63, 3.8) is 0 Å². The highest BCUT2D eigenvalue weighted by Crippen LogP contribution is 2.33. The summed E-state index contributed by atoms with van der Waals surface area (Å²) in [4.78, 5) is 24.0. The van der Waals surface area contributed by atoms with Gasteiger partial charge in [0.1, 0.15) is 12.4 Å². The lowest BCUT2D eigenvalue weighted by Crippen LogP contribution is -2.30. The molecule has 1 aliphatic heterocycles. The molecule has 5 nitrogen and oxygen atoms in total. The number of ether oxygens (including phenoxy) is 1. The van der Waals surface area contributed by atoms with E-state index in [1.807, 2.05) is 0 Å². The van der Waals surface area contributed by atoms with Crippen LogP contribution in [0.5, 0.6) is 5.75 Å². The topological polar surface area (TPSA) is 66.8 Å². The highest BCUT2D eigenvalue weighted by atomic mass is 79.9. The van der Waals surface area contributed by atoms with Gasteiger partial charge in [-0.15, -0.1) is 0 Å². The lowest BCUT2D eigenvalue weighted by atomic mass is 10.1. The number of hydrogen-bond acceptors (Lipinski definition) is 3. The lowest BCUT2D eigenvalue weighted by molar-refractivity contribution is -0.129. The summed E-state index contributed by atoms with van der Waals surface area (Å²) in [6.45, 7) is 2.75. The van der Waals surface area contributed by atoms with E-state index >= 15 is 0 Å². The van der Waals surface area contributed by atoms with Crippen LogP contribution in [0, 0.1) is 0 Å². The van der Waals surface area contributed by atoms with Gasteiger partial charge < -0.3 is 14.7 Å². The van der Waals surface area contributed by atoms with Gasteiger partial charge in [-0.05, 0) is 28.1 Å². The molecule has 0 aliphatic carbocycles. The first-order valence-electron chi connectivity index (χ1n) is 5.43. The van der Waals surface area contributed by atoms with Crippen LogP contribution in [0.3, 0.4) is 0 Å². The summed E-state index contributed by atoms with van der Waals surface area (Å²) in [6, 6.07) is 3.05. The number of hydrogen-bond donors (Lipinski definition) is 1. The number of benzene rings is 1. The fraction of sp³-hybridized carbons (Fsp3) is 0.333. The Balaban J connectivity index is 2.45. The van der Waals surface area contributed by atoms with Crippen LogP contribution in [-0.2, 0) is 11.3 Å². The number of carboxylic acid groups (broad SMARTS) is 1. The first-order valence-corrected chi connectivity index (χ1v) is 6.22. The van der Waals surface area contributed by atoms with E-state index in [1.54, 1.807) is 11.0 Å². The number of carbonyl (C=O) groups excluding carboxylic acids is 1. The maximum atomic E-state index is 11.4. The summed E-state index contributed by atoms with van der Waals surface area (Å²) in [5.74, 6) is -0.441. The van der Waals surface area contributed by atoms with Gasteiger partial charge in [0.05, 0.1) is 16.6 Å². The molecular formula is C12H12BrNO4. The van der Waals surface area contributed by atoms with Crippen LogP contribution in [0.2, 0.25) is 0 Å². The van der Waals surface area contributed by atoms with Gasteiger partial charge in [0, 0.05) is 19.0 Å². The molecule has 0 atom stereocenters. The van der Waals surface area contributed by atoms with E-state index in [1.165, 1.54) is 13.0 Å². The van der Waals surface area contributed by atoms with Crippen LogP contribution >= 0.6 is 15.9 Å². The molecular weight excluding hydrogens is 302 g/mol. The van der Waals surface area contributed by atoms with Crippen molar-refractivity contribution in [2.24, 2.45) is 0 Å². The van der Waals surface area contributed by atoms with Crippen molar-refractivity contribution in [1.29, 1.82) is 0 Å². The molecule has 1 aromatic rings. The molecule has 6 heteroatoms. The molecule has 0 saturated heterocycles. The number of fused-ring (bicyclic) bond motifs is 1. The average Bonchev–Trinajstić information content (AvgIpc) is 2.51. The van der Waals surface area contributed by atoms with E-state index in [2.05, 4.69) is 15.9 Å². The number of amides is 1. The van der Waals surface area contributed by atoms with Crippen molar-refractivity contribution in [2.75, 3.05) is 13.2 Å². The third-order valence-corrected chi connectivity index (χ3v) is 3.37. The average molecular weight is 314 g/mol. The summed E-state index contributed by atoms with van der Waals surface area (Å²) >= 11 is 3.30. The molecule has 1 aliphatic rings. The van der Waals surface area contributed by atoms with E-state index in [-0.39, 0.29) is 11.5 Å². The zero-order chi connectivity index (χ0) is 13.3. The number of rotatable bonds is 1. The van der Waals surface area contributed by atoms with Gasteiger partial charge in [0.2, 0.25) is 5.91 Å². The van der Waals surface area contributed by atoms with Crippen molar-refractivity contribution >= 4 is 27.8 Å². The molecule has 1 heterocycles. The molecule has 0 spiro atoms. The molecule has 1 amide bonds. The van der Waals surface area contributed by atoms with Gasteiger partial charge in [-0.3, -0.25) is 4.79 Å². The molecule has 1 N–H and O–H groups in total. The summed E-state index contributed by atoms with van der Waals surface area (Å²) in [7, 11) is 0. The number of halogens is 1. The molecule has 96 valence electrons. The highest BCUT2D eigenvalue weighted by Gasteiger charge is 2.21. The van der Waals surface area contributed by atoms with Crippen LogP contribution in [0.25, 0.3) is 0 Å².